The van der Waals surface area contributed by atoms with Gasteiger partial charge in [0.1, 0.15) is 0 Å². The average Bonchev–Trinajstić information content (AvgIpc) is 2.70. The van der Waals surface area contributed by atoms with Gasteiger partial charge in [-0.15, -0.1) is 0 Å². The van der Waals surface area contributed by atoms with Crippen molar-refractivity contribution in [1.29, 1.82) is 0 Å². The molecule has 72 valence electrons. The number of hydrogen-bond acceptors (Lipinski definition) is 2. The number of thioether (sulfide) groups is 1. The fourth-order valence-corrected chi connectivity index (χ4v) is 2.01. The quantitative estimate of drug-likeness (QED) is 0.724. The van der Waals surface area contributed by atoms with E-state index in [2.05, 4.69) is 0 Å². The number of hydrogen-bond donors (Lipinski definition) is 0. The lowest BCUT2D eigenvalue weighted by Gasteiger charge is -1.98. The van der Waals surface area contributed by atoms with Crippen LogP contribution < -0.4 is 0 Å². The topological polar surface area (TPSA) is 13.1 Å². The van der Waals surface area contributed by atoms with Crippen molar-refractivity contribution >= 4 is 23.4 Å². The van der Waals surface area contributed by atoms with Crippen LogP contribution in [0.3, 0.4) is 0 Å². The normalized spacial score (nSPS) is 10.4. The van der Waals surface area contributed by atoms with E-state index in [1.165, 1.54) is 5.56 Å². The lowest BCUT2D eigenvalue weighted by Crippen LogP contribution is -1.78. The standard InChI is InChI=1S/C11H9ClOS/c12-10-5-3-9(4-6-10)8-14-11-2-1-7-13-11/h1-7H,8H2. The highest BCUT2D eigenvalue weighted by atomic mass is 35.5. The van der Waals surface area contributed by atoms with Crippen LogP contribution in [0, 0.1) is 0 Å². The van der Waals surface area contributed by atoms with Crippen molar-refractivity contribution in [1.82, 2.24) is 0 Å². The summed E-state index contributed by atoms with van der Waals surface area (Å²) in [5, 5.41) is 1.72. The van der Waals surface area contributed by atoms with E-state index in [-0.39, 0.29) is 0 Å². The molecule has 1 aromatic carbocycles. The summed E-state index contributed by atoms with van der Waals surface area (Å²) in [6, 6.07) is 11.7. The van der Waals surface area contributed by atoms with E-state index in [1.807, 2.05) is 36.4 Å². The number of halogens is 1. The summed E-state index contributed by atoms with van der Waals surface area (Å²) in [4.78, 5) is 0. The van der Waals surface area contributed by atoms with E-state index < -0.39 is 0 Å². The summed E-state index contributed by atoms with van der Waals surface area (Å²) < 4.78 is 5.22. The summed E-state index contributed by atoms with van der Waals surface area (Å²) in [7, 11) is 0. The molecule has 3 heteroatoms. The molecular formula is C11H9ClOS. The van der Waals surface area contributed by atoms with E-state index in [0.29, 0.717) is 0 Å². The Bertz CT molecular complexity index is 380. The van der Waals surface area contributed by atoms with Crippen molar-refractivity contribution in [3.8, 4) is 0 Å². The second-order valence-electron chi connectivity index (χ2n) is 2.85. The molecular weight excluding hydrogens is 216 g/mol. The van der Waals surface area contributed by atoms with E-state index in [9.17, 15) is 0 Å². The Kier molecular flexibility index (Phi) is 3.17. The molecule has 1 heterocycles. The number of furan rings is 1. The summed E-state index contributed by atoms with van der Waals surface area (Å²) in [5.74, 6) is 0.907. The third-order valence-electron chi connectivity index (χ3n) is 1.79. The van der Waals surface area contributed by atoms with Crippen LogP contribution in [0.5, 0.6) is 0 Å². The van der Waals surface area contributed by atoms with Crippen molar-refractivity contribution in [2.24, 2.45) is 0 Å². The highest BCUT2D eigenvalue weighted by molar-refractivity contribution is 7.98. The van der Waals surface area contributed by atoms with Crippen LogP contribution in [0.1, 0.15) is 5.56 Å². The lowest BCUT2D eigenvalue weighted by molar-refractivity contribution is 0.474. The van der Waals surface area contributed by atoms with Gasteiger partial charge in [0, 0.05) is 10.8 Å². The monoisotopic (exact) mass is 224 g/mol. The molecule has 14 heavy (non-hydrogen) atoms. The summed E-state index contributed by atoms with van der Waals surface area (Å²) >= 11 is 7.46. The van der Waals surface area contributed by atoms with Crippen LogP contribution in [0.25, 0.3) is 0 Å². The predicted octanol–water partition coefficient (Wildman–Crippen LogP) is 4.23. The van der Waals surface area contributed by atoms with Crippen LogP contribution >= 0.6 is 23.4 Å². The van der Waals surface area contributed by atoms with E-state index in [1.54, 1.807) is 18.0 Å². The molecule has 0 atom stereocenters. The zero-order chi connectivity index (χ0) is 9.80. The lowest BCUT2D eigenvalue weighted by atomic mass is 10.2. The molecule has 0 aliphatic carbocycles. The molecule has 2 aromatic rings. The van der Waals surface area contributed by atoms with Crippen molar-refractivity contribution in [2.45, 2.75) is 10.8 Å². The zero-order valence-corrected chi connectivity index (χ0v) is 9.02. The fourth-order valence-electron chi connectivity index (χ4n) is 1.08. The van der Waals surface area contributed by atoms with Gasteiger partial charge < -0.3 is 4.42 Å². The molecule has 0 saturated carbocycles. The molecule has 0 amide bonds. The Morgan fingerprint density at radius 2 is 1.93 bits per heavy atom. The Balaban J connectivity index is 1.95. The molecule has 0 fully saturated rings. The van der Waals surface area contributed by atoms with Crippen molar-refractivity contribution in [3.63, 3.8) is 0 Å². The molecule has 1 nitrogen and oxygen atoms in total. The number of benzene rings is 1. The second kappa shape index (κ2) is 4.58. The van der Waals surface area contributed by atoms with Gasteiger partial charge in [0.2, 0.25) is 0 Å². The first-order chi connectivity index (χ1) is 6.84. The van der Waals surface area contributed by atoms with Gasteiger partial charge in [0.25, 0.3) is 0 Å². The van der Waals surface area contributed by atoms with Crippen molar-refractivity contribution in [3.05, 3.63) is 53.2 Å². The van der Waals surface area contributed by atoms with Gasteiger partial charge in [-0.25, -0.2) is 0 Å². The second-order valence-corrected chi connectivity index (χ2v) is 4.26. The smallest absolute Gasteiger partial charge is 0.160 e. The van der Waals surface area contributed by atoms with Gasteiger partial charge in [-0.1, -0.05) is 35.5 Å². The number of rotatable bonds is 3. The predicted molar refractivity (Wildman–Crippen MR) is 59.7 cm³/mol. The van der Waals surface area contributed by atoms with E-state index in [4.69, 9.17) is 16.0 Å². The molecule has 2 rings (SSSR count). The largest absolute Gasteiger partial charge is 0.458 e. The first-order valence-corrected chi connectivity index (χ1v) is 5.62. The first-order valence-electron chi connectivity index (χ1n) is 4.25. The molecule has 0 aliphatic rings. The van der Waals surface area contributed by atoms with Gasteiger partial charge >= 0.3 is 0 Å². The fraction of sp³-hybridized carbons (Fsp3) is 0.0909. The minimum absolute atomic E-state index is 0.775. The third-order valence-corrected chi connectivity index (χ3v) is 3.04. The van der Waals surface area contributed by atoms with Gasteiger partial charge in [0.15, 0.2) is 5.09 Å². The van der Waals surface area contributed by atoms with Gasteiger partial charge in [-0.3, -0.25) is 0 Å². The van der Waals surface area contributed by atoms with Gasteiger partial charge in [-0.2, -0.15) is 0 Å². The van der Waals surface area contributed by atoms with Gasteiger partial charge in [-0.05, 0) is 29.8 Å². The van der Waals surface area contributed by atoms with E-state index in [0.717, 1.165) is 15.9 Å². The van der Waals surface area contributed by atoms with Crippen LogP contribution in [-0.4, -0.2) is 0 Å². The van der Waals surface area contributed by atoms with Crippen molar-refractivity contribution in [2.75, 3.05) is 0 Å². The molecule has 1 aromatic heterocycles. The Hall–Kier alpha value is -0.860. The first kappa shape index (κ1) is 9.69. The molecule has 0 spiro atoms. The molecule has 0 saturated heterocycles. The Morgan fingerprint density at radius 1 is 1.14 bits per heavy atom. The van der Waals surface area contributed by atoms with Gasteiger partial charge in [0.05, 0.1) is 6.26 Å². The Labute approximate surface area is 92.1 Å². The minimum Gasteiger partial charge on any atom is -0.458 e. The molecule has 0 radical (unpaired) electrons. The van der Waals surface area contributed by atoms with E-state index >= 15 is 0 Å². The Morgan fingerprint density at radius 3 is 2.57 bits per heavy atom. The maximum absolute atomic E-state index is 5.79. The summed E-state index contributed by atoms with van der Waals surface area (Å²) in [6.07, 6.45) is 1.68. The van der Waals surface area contributed by atoms with Crippen LogP contribution in [0.15, 0.2) is 52.2 Å². The van der Waals surface area contributed by atoms with Crippen molar-refractivity contribution < 1.29 is 4.42 Å². The molecule has 0 aliphatic heterocycles. The zero-order valence-electron chi connectivity index (χ0n) is 7.44. The van der Waals surface area contributed by atoms with Crippen LogP contribution in [0.4, 0.5) is 0 Å². The highest BCUT2D eigenvalue weighted by Crippen LogP contribution is 2.23. The van der Waals surface area contributed by atoms with Crippen LogP contribution in [-0.2, 0) is 5.75 Å². The third kappa shape index (κ3) is 2.56. The summed E-state index contributed by atoms with van der Waals surface area (Å²) in [6.45, 7) is 0. The highest BCUT2D eigenvalue weighted by Gasteiger charge is 1.97. The van der Waals surface area contributed by atoms with Crippen LogP contribution in [0.2, 0.25) is 5.02 Å². The minimum atomic E-state index is 0.775. The average molecular weight is 225 g/mol. The summed E-state index contributed by atoms with van der Waals surface area (Å²) in [5.41, 5.74) is 1.25. The molecule has 0 unspecified atom stereocenters. The molecule has 0 N–H and O–H groups in total. The maximum Gasteiger partial charge on any atom is 0.160 e. The molecule has 0 bridgehead atoms. The SMILES string of the molecule is Clc1ccc(CSc2ccco2)cc1. The maximum atomic E-state index is 5.79.